The lowest BCUT2D eigenvalue weighted by Crippen LogP contribution is -1.97. The molecule has 0 N–H and O–H groups in total. The molecule has 0 aliphatic rings. The number of hydrogen-bond donors (Lipinski definition) is 0. The van der Waals surface area contributed by atoms with Crippen molar-refractivity contribution in [2.75, 3.05) is 0 Å². The summed E-state index contributed by atoms with van der Waals surface area (Å²) in [4.78, 5) is 0. The molecule has 0 aromatic carbocycles. The molecule has 0 fully saturated rings. The van der Waals surface area contributed by atoms with Crippen molar-refractivity contribution >= 4 is 6.71 Å². The molecule has 0 saturated carbocycles. The highest BCUT2D eigenvalue weighted by Crippen LogP contribution is 2.13. The van der Waals surface area contributed by atoms with Crippen LogP contribution in [0.15, 0.2) is 0 Å². The first-order valence-corrected chi connectivity index (χ1v) is 8.77. The van der Waals surface area contributed by atoms with Crippen molar-refractivity contribution in [2.24, 2.45) is 0 Å². The van der Waals surface area contributed by atoms with E-state index in [9.17, 15) is 0 Å². The lowest BCUT2D eigenvalue weighted by atomic mass is 9.51. The molecule has 0 rings (SSSR count). The van der Waals surface area contributed by atoms with Gasteiger partial charge in [-0.05, 0) is 0 Å². The minimum absolute atomic E-state index is 0.901. The number of rotatable bonds is 14. The molecular weight excluding hydrogens is 215 g/mol. The van der Waals surface area contributed by atoms with Crippen LogP contribution in [0.3, 0.4) is 0 Å². The normalized spacial score (nSPS) is 10.8. The summed E-state index contributed by atoms with van der Waals surface area (Å²) in [6.45, 7) is 7.86. The van der Waals surface area contributed by atoms with Gasteiger partial charge in [-0.2, -0.15) is 0 Å². The lowest BCUT2D eigenvalue weighted by molar-refractivity contribution is 0.542. The topological polar surface area (TPSA) is 0 Å². The van der Waals surface area contributed by atoms with Crippen LogP contribution in [0.1, 0.15) is 90.4 Å². The predicted octanol–water partition coefficient (Wildman–Crippen LogP) is 6.83. The second-order valence-corrected chi connectivity index (χ2v) is 6.43. The van der Waals surface area contributed by atoms with E-state index in [1.165, 1.54) is 89.8 Å². The monoisotopic (exact) mass is 252 g/mol. The maximum absolute atomic E-state index is 2.33. The second kappa shape index (κ2) is 15.1. The molecule has 0 saturated heterocycles. The van der Waals surface area contributed by atoms with Gasteiger partial charge < -0.3 is 0 Å². The van der Waals surface area contributed by atoms with Gasteiger partial charge in [-0.3, -0.25) is 0 Å². The third-order valence-electron chi connectivity index (χ3n) is 3.89. The molecule has 18 heavy (non-hydrogen) atoms. The summed E-state index contributed by atoms with van der Waals surface area (Å²) >= 11 is 0. The molecule has 0 aromatic heterocycles. The molecule has 0 bridgehead atoms. The highest BCUT2D eigenvalue weighted by Gasteiger charge is 1.97. The molecule has 0 unspecified atom stereocenters. The molecule has 0 nitrogen and oxygen atoms in total. The number of unbranched alkanes of at least 4 members (excludes halogenated alkanes) is 12. The molecule has 0 aromatic rings. The van der Waals surface area contributed by atoms with Crippen LogP contribution in [0.25, 0.3) is 0 Å². The van der Waals surface area contributed by atoms with Gasteiger partial charge in [0.2, 0.25) is 0 Å². The predicted molar refractivity (Wildman–Crippen MR) is 88.0 cm³/mol. The van der Waals surface area contributed by atoms with Crippen molar-refractivity contribution in [3.63, 3.8) is 0 Å². The molecule has 0 spiro atoms. The molecule has 0 aliphatic heterocycles. The van der Waals surface area contributed by atoms with Crippen molar-refractivity contribution in [2.45, 2.75) is 110 Å². The quantitative estimate of drug-likeness (QED) is 0.235. The Morgan fingerprint density at radius 1 is 0.500 bits per heavy atom. The minimum Gasteiger partial charge on any atom is -0.0863 e. The van der Waals surface area contributed by atoms with Gasteiger partial charge in [-0.25, -0.2) is 0 Å². The average Bonchev–Trinajstić information content (AvgIpc) is 2.34. The standard InChI is InChI=1S/C17H37B/c1-4-5-6-7-8-9-10-11-12-13-14-15-16-17-18(2)3/h4-17H2,1-3H3. The van der Waals surface area contributed by atoms with Crippen LogP contribution in [-0.2, 0) is 0 Å². The largest absolute Gasteiger partial charge is 0.133 e. The Morgan fingerprint density at radius 2 is 0.833 bits per heavy atom. The Morgan fingerprint density at radius 3 is 1.17 bits per heavy atom. The van der Waals surface area contributed by atoms with Crippen LogP contribution < -0.4 is 0 Å². The molecular formula is C17H37B. The van der Waals surface area contributed by atoms with E-state index in [2.05, 4.69) is 20.6 Å². The molecule has 108 valence electrons. The van der Waals surface area contributed by atoms with Crippen LogP contribution in [0.2, 0.25) is 20.0 Å². The van der Waals surface area contributed by atoms with Crippen molar-refractivity contribution in [1.82, 2.24) is 0 Å². The third kappa shape index (κ3) is 16.1. The molecule has 0 radical (unpaired) electrons. The molecule has 1 heteroatoms. The Kier molecular flexibility index (Phi) is 15.2. The zero-order valence-electron chi connectivity index (χ0n) is 13.5. The zero-order valence-corrected chi connectivity index (χ0v) is 13.5. The van der Waals surface area contributed by atoms with E-state index in [0.717, 1.165) is 6.71 Å². The maximum atomic E-state index is 2.33. The molecule has 0 heterocycles. The summed E-state index contributed by atoms with van der Waals surface area (Å²) in [5, 5.41) is 0. The fourth-order valence-electron chi connectivity index (χ4n) is 2.57. The van der Waals surface area contributed by atoms with E-state index in [0.29, 0.717) is 0 Å². The summed E-state index contributed by atoms with van der Waals surface area (Å²) in [7, 11) is 0. The van der Waals surface area contributed by atoms with E-state index in [-0.39, 0.29) is 0 Å². The van der Waals surface area contributed by atoms with E-state index in [1.54, 1.807) is 0 Å². The van der Waals surface area contributed by atoms with Crippen molar-refractivity contribution in [3.05, 3.63) is 0 Å². The minimum atomic E-state index is 0.901. The van der Waals surface area contributed by atoms with Crippen LogP contribution in [0.5, 0.6) is 0 Å². The van der Waals surface area contributed by atoms with E-state index < -0.39 is 0 Å². The maximum Gasteiger partial charge on any atom is 0.133 e. The summed E-state index contributed by atoms with van der Waals surface area (Å²) in [5.74, 6) is 0. The van der Waals surface area contributed by atoms with Crippen molar-refractivity contribution in [1.29, 1.82) is 0 Å². The SMILES string of the molecule is CCCCCCCCCCCCCCCB(C)C. The van der Waals surface area contributed by atoms with Gasteiger partial charge in [0.25, 0.3) is 0 Å². The summed E-state index contributed by atoms with van der Waals surface area (Å²) in [5.41, 5.74) is 0. The number of hydrogen-bond acceptors (Lipinski definition) is 0. The van der Waals surface area contributed by atoms with Gasteiger partial charge in [0, 0.05) is 0 Å². The van der Waals surface area contributed by atoms with Gasteiger partial charge in [0.1, 0.15) is 6.71 Å². The fraction of sp³-hybridized carbons (Fsp3) is 1.00. The molecule has 0 amide bonds. The van der Waals surface area contributed by atoms with E-state index >= 15 is 0 Å². The summed E-state index contributed by atoms with van der Waals surface area (Å²) in [6.07, 6.45) is 20.5. The Bertz CT molecular complexity index is 143. The first kappa shape index (κ1) is 18.1. The molecule has 0 atom stereocenters. The molecule has 0 aliphatic carbocycles. The highest BCUT2D eigenvalue weighted by molar-refractivity contribution is 6.55. The zero-order chi connectivity index (χ0) is 13.5. The van der Waals surface area contributed by atoms with Gasteiger partial charge in [-0.15, -0.1) is 0 Å². The Balaban J connectivity index is 2.90. The van der Waals surface area contributed by atoms with Gasteiger partial charge in [0.05, 0.1) is 0 Å². The van der Waals surface area contributed by atoms with Crippen LogP contribution in [0, 0.1) is 0 Å². The van der Waals surface area contributed by atoms with Gasteiger partial charge in [-0.1, -0.05) is 110 Å². The Hall–Kier alpha value is 0.0649. The first-order valence-electron chi connectivity index (χ1n) is 8.77. The fourth-order valence-corrected chi connectivity index (χ4v) is 2.57. The third-order valence-corrected chi connectivity index (χ3v) is 3.89. The lowest BCUT2D eigenvalue weighted by Gasteiger charge is -2.03. The van der Waals surface area contributed by atoms with E-state index in [4.69, 9.17) is 0 Å². The summed E-state index contributed by atoms with van der Waals surface area (Å²) < 4.78 is 0. The highest BCUT2D eigenvalue weighted by atomic mass is 14.0. The van der Waals surface area contributed by atoms with Gasteiger partial charge in [0.15, 0.2) is 0 Å². The first-order chi connectivity index (χ1) is 8.77. The Labute approximate surface area is 117 Å². The van der Waals surface area contributed by atoms with Crippen LogP contribution >= 0.6 is 0 Å². The van der Waals surface area contributed by atoms with Crippen LogP contribution in [-0.4, -0.2) is 6.71 Å². The van der Waals surface area contributed by atoms with Gasteiger partial charge >= 0.3 is 0 Å². The van der Waals surface area contributed by atoms with Crippen molar-refractivity contribution < 1.29 is 0 Å². The van der Waals surface area contributed by atoms with Crippen molar-refractivity contribution in [3.8, 4) is 0 Å². The van der Waals surface area contributed by atoms with E-state index in [1.807, 2.05) is 0 Å². The van der Waals surface area contributed by atoms with Crippen LogP contribution in [0.4, 0.5) is 0 Å². The second-order valence-electron chi connectivity index (χ2n) is 6.43. The average molecular weight is 252 g/mol. The smallest absolute Gasteiger partial charge is 0.0863 e. The summed E-state index contributed by atoms with van der Waals surface area (Å²) in [6, 6.07) is 0.